The molecule has 1 amide bonds. The number of rotatable bonds is 5. The quantitative estimate of drug-likeness (QED) is 0.834. The number of carbonyl (C=O) groups excluding carboxylic acids is 1. The largest absolute Gasteiger partial charge is 0.335 e. The van der Waals surface area contributed by atoms with E-state index in [2.05, 4.69) is 40.5 Å². The van der Waals surface area contributed by atoms with Crippen LogP contribution in [0.25, 0.3) is 0 Å². The summed E-state index contributed by atoms with van der Waals surface area (Å²) in [5.74, 6) is 0.526. The van der Waals surface area contributed by atoms with Crippen molar-refractivity contribution >= 4 is 17.2 Å². The summed E-state index contributed by atoms with van der Waals surface area (Å²) in [5, 5.41) is 3.40. The molecule has 0 saturated carbocycles. The number of fused-ring (bicyclic) bond motifs is 1. The molecule has 2 atom stereocenters. The van der Waals surface area contributed by atoms with E-state index in [1.807, 2.05) is 6.07 Å². The summed E-state index contributed by atoms with van der Waals surface area (Å²) in [5.41, 5.74) is 8.81. The van der Waals surface area contributed by atoms with E-state index in [1.54, 1.807) is 11.3 Å². The van der Waals surface area contributed by atoms with Crippen LogP contribution in [-0.4, -0.2) is 36.5 Å². The molecule has 2 unspecified atom stereocenters. The number of thiophene rings is 1. The predicted molar refractivity (Wildman–Crippen MR) is 111 cm³/mol. The number of piperidine rings is 1. The van der Waals surface area contributed by atoms with Crippen molar-refractivity contribution in [3.05, 3.63) is 57.3 Å². The van der Waals surface area contributed by atoms with E-state index < -0.39 is 0 Å². The van der Waals surface area contributed by atoms with Crippen LogP contribution in [0, 0.1) is 5.92 Å². The zero-order valence-corrected chi connectivity index (χ0v) is 16.6. The number of amides is 1. The van der Waals surface area contributed by atoms with Crippen LogP contribution in [0.3, 0.4) is 0 Å². The highest BCUT2D eigenvalue weighted by Gasteiger charge is 2.33. The first-order valence-corrected chi connectivity index (χ1v) is 10.9. The molecule has 0 aliphatic carbocycles. The summed E-state index contributed by atoms with van der Waals surface area (Å²) in [7, 11) is 0. The molecule has 5 heteroatoms. The fraction of sp³-hybridized carbons (Fsp3) is 0.500. The predicted octanol–water partition coefficient (Wildman–Crippen LogP) is 3.21. The maximum Gasteiger partial charge on any atom is 0.264 e. The number of likely N-dealkylation sites (tertiary alicyclic amines) is 1. The van der Waals surface area contributed by atoms with E-state index in [9.17, 15) is 4.79 Å². The lowest BCUT2D eigenvalue weighted by Crippen LogP contribution is -2.49. The van der Waals surface area contributed by atoms with Crippen molar-refractivity contribution in [3.63, 3.8) is 0 Å². The van der Waals surface area contributed by atoms with Gasteiger partial charge in [-0.2, -0.15) is 0 Å². The van der Waals surface area contributed by atoms with Crippen LogP contribution in [0.1, 0.15) is 44.9 Å². The molecule has 0 radical (unpaired) electrons. The van der Waals surface area contributed by atoms with Gasteiger partial charge < -0.3 is 16.0 Å². The van der Waals surface area contributed by atoms with E-state index in [0.29, 0.717) is 12.5 Å². The Labute approximate surface area is 165 Å². The van der Waals surface area contributed by atoms with Crippen molar-refractivity contribution in [1.29, 1.82) is 0 Å². The number of nitrogens with zero attached hydrogens (tertiary/aromatic N) is 1. The Morgan fingerprint density at radius 2 is 2.15 bits per heavy atom. The highest BCUT2D eigenvalue weighted by Crippen LogP contribution is 2.31. The number of benzene rings is 1. The Morgan fingerprint density at radius 1 is 1.30 bits per heavy atom. The van der Waals surface area contributed by atoms with Crippen molar-refractivity contribution in [2.75, 3.05) is 19.6 Å². The van der Waals surface area contributed by atoms with Gasteiger partial charge in [0.05, 0.1) is 4.88 Å². The fourth-order valence-electron chi connectivity index (χ4n) is 4.49. The fourth-order valence-corrected chi connectivity index (χ4v) is 5.63. The number of hydrogen-bond donors (Lipinski definition) is 2. The van der Waals surface area contributed by atoms with Gasteiger partial charge in [0.1, 0.15) is 0 Å². The molecule has 1 aromatic carbocycles. The molecule has 2 aliphatic rings. The van der Waals surface area contributed by atoms with Gasteiger partial charge >= 0.3 is 0 Å². The van der Waals surface area contributed by atoms with Crippen molar-refractivity contribution in [2.45, 2.75) is 44.7 Å². The molecule has 144 valence electrons. The second kappa shape index (κ2) is 8.55. The number of hydrogen-bond acceptors (Lipinski definition) is 4. The molecule has 1 fully saturated rings. The van der Waals surface area contributed by atoms with Gasteiger partial charge in [0.2, 0.25) is 0 Å². The summed E-state index contributed by atoms with van der Waals surface area (Å²) in [4.78, 5) is 17.8. The standard InChI is InChI=1S/C22H29N3OS/c23-14-17(12-16-6-2-1-3-7-16)19-8-4-5-11-25(19)22(26)21-13-18-15-24-10-9-20(18)27-21/h1-3,6-7,13,17,19,24H,4-5,8-12,14-15,23H2. The molecular formula is C22H29N3OS. The number of nitrogens with one attached hydrogen (secondary N) is 1. The first-order valence-electron chi connectivity index (χ1n) is 10.1. The van der Waals surface area contributed by atoms with Gasteiger partial charge in [0.25, 0.3) is 5.91 Å². The van der Waals surface area contributed by atoms with Gasteiger partial charge in [-0.1, -0.05) is 30.3 Å². The third kappa shape index (κ3) is 4.10. The van der Waals surface area contributed by atoms with Gasteiger partial charge in [-0.25, -0.2) is 0 Å². The number of carbonyl (C=O) groups is 1. The molecule has 3 N–H and O–H groups in total. The van der Waals surface area contributed by atoms with Crippen LogP contribution in [0.2, 0.25) is 0 Å². The molecule has 2 aromatic rings. The highest BCUT2D eigenvalue weighted by molar-refractivity contribution is 7.14. The summed E-state index contributed by atoms with van der Waals surface area (Å²) in [6, 6.07) is 12.9. The summed E-state index contributed by atoms with van der Waals surface area (Å²) in [6.07, 6.45) is 5.32. The second-order valence-corrected chi connectivity index (χ2v) is 8.87. The Bertz CT molecular complexity index is 750. The molecule has 27 heavy (non-hydrogen) atoms. The van der Waals surface area contributed by atoms with Crippen molar-refractivity contribution in [3.8, 4) is 0 Å². The number of nitrogens with two attached hydrogens (primary N) is 1. The molecule has 0 bridgehead atoms. The topological polar surface area (TPSA) is 58.4 Å². The zero-order valence-electron chi connectivity index (χ0n) is 15.8. The van der Waals surface area contributed by atoms with Crippen LogP contribution in [0.15, 0.2) is 36.4 Å². The average Bonchev–Trinajstić information content (AvgIpc) is 3.16. The maximum absolute atomic E-state index is 13.4. The van der Waals surface area contributed by atoms with Gasteiger partial charge in [-0.15, -0.1) is 11.3 Å². The Morgan fingerprint density at radius 3 is 2.93 bits per heavy atom. The van der Waals surface area contributed by atoms with Crippen LogP contribution in [-0.2, 0) is 19.4 Å². The second-order valence-electron chi connectivity index (χ2n) is 7.73. The Hall–Kier alpha value is -1.69. The molecule has 2 aliphatic heterocycles. The first kappa shape index (κ1) is 18.7. The molecular weight excluding hydrogens is 354 g/mol. The van der Waals surface area contributed by atoms with Crippen molar-refractivity contribution < 1.29 is 4.79 Å². The van der Waals surface area contributed by atoms with Gasteiger partial charge in [-0.3, -0.25) is 4.79 Å². The zero-order chi connectivity index (χ0) is 18.6. The highest BCUT2D eigenvalue weighted by atomic mass is 32.1. The van der Waals surface area contributed by atoms with E-state index in [4.69, 9.17) is 5.73 Å². The normalized spacial score (nSPS) is 20.9. The van der Waals surface area contributed by atoms with E-state index in [1.165, 1.54) is 22.4 Å². The van der Waals surface area contributed by atoms with Gasteiger partial charge in [0, 0.05) is 30.6 Å². The van der Waals surface area contributed by atoms with E-state index in [-0.39, 0.29) is 11.9 Å². The van der Waals surface area contributed by atoms with Crippen molar-refractivity contribution in [1.82, 2.24) is 10.2 Å². The minimum Gasteiger partial charge on any atom is -0.335 e. The third-order valence-electron chi connectivity index (χ3n) is 5.95. The lowest BCUT2D eigenvalue weighted by atomic mass is 9.85. The minimum atomic E-state index is 0.214. The van der Waals surface area contributed by atoms with Crippen LogP contribution in [0.4, 0.5) is 0 Å². The lowest BCUT2D eigenvalue weighted by Gasteiger charge is -2.40. The molecule has 1 saturated heterocycles. The van der Waals surface area contributed by atoms with Crippen LogP contribution in [0.5, 0.6) is 0 Å². The minimum absolute atomic E-state index is 0.214. The van der Waals surface area contributed by atoms with Gasteiger partial charge in [-0.05, 0) is 61.8 Å². The summed E-state index contributed by atoms with van der Waals surface area (Å²) >= 11 is 1.70. The summed E-state index contributed by atoms with van der Waals surface area (Å²) < 4.78 is 0. The SMILES string of the molecule is NCC(Cc1ccccc1)C1CCCCN1C(=O)c1cc2c(s1)CCNC2. The molecule has 0 spiro atoms. The molecule has 4 nitrogen and oxygen atoms in total. The van der Waals surface area contributed by atoms with E-state index in [0.717, 1.165) is 50.2 Å². The van der Waals surface area contributed by atoms with Gasteiger partial charge in [0.15, 0.2) is 0 Å². The molecule has 3 heterocycles. The molecule has 4 rings (SSSR count). The Balaban J connectivity index is 1.54. The van der Waals surface area contributed by atoms with Crippen molar-refractivity contribution in [2.24, 2.45) is 11.7 Å². The molecule has 1 aromatic heterocycles. The first-order chi connectivity index (χ1) is 13.3. The average molecular weight is 384 g/mol. The van der Waals surface area contributed by atoms with Crippen LogP contribution < -0.4 is 11.1 Å². The lowest BCUT2D eigenvalue weighted by molar-refractivity contribution is 0.0524. The smallest absolute Gasteiger partial charge is 0.264 e. The monoisotopic (exact) mass is 383 g/mol. The van der Waals surface area contributed by atoms with Crippen LogP contribution >= 0.6 is 11.3 Å². The Kier molecular flexibility index (Phi) is 5.91. The third-order valence-corrected chi connectivity index (χ3v) is 7.17. The van der Waals surface area contributed by atoms with E-state index >= 15 is 0 Å². The summed E-state index contributed by atoms with van der Waals surface area (Å²) in [6.45, 7) is 3.38. The maximum atomic E-state index is 13.4.